The maximum atomic E-state index is 14.5. The minimum atomic E-state index is -3.11. The molecule has 59 heavy (non-hydrogen) atoms. The number of nitrogens with zero attached hydrogens (tertiary/aromatic N) is 4. The number of aromatic nitrogens is 2. The van der Waals surface area contributed by atoms with Gasteiger partial charge in [0.05, 0.1) is 12.7 Å². The van der Waals surface area contributed by atoms with Gasteiger partial charge < -0.3 is 44.0 Å². The standard InChI is InChI=1S/C39H55N6O13P/c1-9-10-20-53-34(48)45-19-17-40-22-29(45)31(46)28(24-59(51)58-37(54-35(49)56-38(2,3)4)55-36(50)57-39(5,6)7)42-33(47)27-21-30(44-18-16-26(23-44)52-8)43-32(41-27)25-14-12-11-13-15-25/h11-15,21,26,28-29,37,40H,9-10,16-20,22-24H2,1-8H3/p+1. The molecule has 0 aliphatic carbocycles. The molecule has 2 aliphatic rings. The molecule has 0 spiro atoms. The van der Waals surface area contributed by atoms with E-state index >= 15 is 0 Å². The molecule has 20 heteroatoms. The van der Waals surface area contributed by atoms with Crippen molar-refractivity contribution in [2.45, 2.75) is 104 Å². The van der Waals surface area contributed by atoms with Crippen LogP contribution in [0.25, 0.3) is 11.4 Å². The summed E-state index contributed by atoms with van der Waals surface area (Å²) in [6.07, 6.45) is -2.05. The fourth-order valence-corrected chi connectivity index (χ4v) is 6.79. The molecule has 2 aliphatic heterocycles. The first-order valence-corrected chi connectivity index (χ1v) is 20.8. The van der Waals surface area contributed by atoms with Crippen LogP contribution in [0.3, 0.4) is 0 Å². The van der Waals surface area contributed by atoms with Crippen LogP contribution in [0.15, 0.2) is 36.4 Å². The lowest BCUT2D eigenvalue weighted by atomic mass is 10.0. The summed E-state index contributed by atoms with van der Waals surface area (Å²) in [6.45, 7) is 10.8. The van der Waals surface area contributed by atoms with Gasteiger partial charge in [-0.1, -0.05) is 48.2 Å². The van der Waals surface area contributed by atoms with Gasteiger partial charge in [0.2, 0.25) is 6.16 Å². The molecule has 4 rings (SSSR count). The summed E-state index contributed by atoms with van der Waals surface area (Å²) in [5.41, 5.74) is -1.55. The van der Waals surface area contributed by atoms with Crippen molar-refractivity contribution in [2.24, 2.45) is 0 Å². The van der Waals surface area contributed by atoms with E-state index in [0.29, 0.717) is 37.4 Å². The fraction of sp³-hybridized carbons (Fsp3) is 0.615. The minimum Gasteiger partial charge on any atom is -0.449 e. The molecular weight excluding hydrogens is 791 g/mol. The molecule has 2 saturated heterocycles. The molecule has 0 bridgehead atoms. The minimum absolute atomic E-state index is 0.0106. The second kappa shape index (κ2) is 21.3. The number of methoxy groups -OCH3 is 1. The zero-order chi connectivity index (χ0) is 43.3. The van der Waals surface area contributed by atoms with Crippen molar-refractivity contribution in [1.82, 2.24) is 25.5 Å². The first-order valence-electron chi connectivity index (χ1n) is 19.5. The third-order valence-electron chi connectivity index (χ3n) is 8.66. The topological polar surface area (TPSA) is 223 Å². The zero-order valence-electron chi connectivity index (χ0n) is 34.9. The van der Waals surface area contributed by atoms with Gasteiger partial charge in [-0.25, -0.2) is 24.4 Å². The van der Waals surface area contributed by atoms with Gasteiger partial charge in [0, 0.05) is 51.5 Å². The SMILES string of the molecule is CCCCOC(=O)N1CCNCC1C(=O)C(C[P+](=O)OC(OC(=O)OC(C)(C)C)OC(=O)OC(C)(C)C)NC(=O)c1cc(N2CCC(OC)C2)nc(-c2ccccc2)n1. The van der Waals surface area contributed by atoms with Crippen LogP contribution >= 0.6 is 8.03 Å². The number of carbonyl (C=O) groups excluding carboxylic acids is 5. The predicted molar refractivity (Wildman–Crippen MR) is 213 cm³/mol. The summed E-state index contributed by atoms with van der Waals surface area (Å²) < 4.78 is 50.6. The van der Waals surface area contributed by atoms with E-state index < -0.39 is 74.0 Å². The molecule has 3 heterocycles. The summed E-state index contributed by atoms with van der Waals surface area (Å²) >= 11 is 0. The van der Waals surface area contributed by atoms with Crippen molar-refractivity contribution < 1.29 is 61.5 Å². The number of piperazine rings is 1. The number of nitrogens with one attached hydrogen (secondary N) is 2. The first kappa shape index (κ1) is 46.7. The van der Waals surface area contributed by atoms with E-state index in [1.54, 1.807) is 72.9 Å². The Balaban J connectivity index is 1.67. The molecule has 2 fully saturated rings. The van der Waals surface area contributed by atoms with Crippen molar-refractivity contribution in [2.75, 3.05) is 57.5 Å². The fourth-order valence-electron chi connectivity index (χ4n) is 5.85. The lowest BCUT2D eigenvalue weighted by molar-refractivity contribution is -0.209. The Morgan fingerprint density at radius 2 is 1.63 bits per heavy atom. The molecule has 324 valence electrons. The van der Waals surface area contributed by atoms with Crippen molar-refractivity contribution >= 4 is 43.9 Å². The monoisotopic (exact) mass is 847 g/mol. The number of amides is 2. The number of unbranched alkanes of at least 4 members (excludes halogenated alkanes) is 1. The Bertz CT molecular complexity index is 1760. The smallest absolute Gasteiger partial charge is 0.449 e. The number of Topliss-reactive ketones (excluding diaryl/α,β-unsaturated/α-hetero) is 1. The Morgan fingerprint density at radius 3 is 2.22 bits per heavy atom. The van der Waals surface area contributed by atoms with Crippen LogP contribution in [0.2, 0.25) is 0 Å². The van der Waals surface area contributed by atoms with E-state index in [0.717, 1.165) is 12.8 Å². The van der Waals surface area contributed by atoms with Crippen molar-refractivity contribution in [3.8, 4) is 11.4 Å². The van der Waals surface area contributed by atoms with Gasteiger partial charge in [0.15, 0.2) is 11.6 Å². The van der Waals surface area contributed by atoms with Crippen LogP contribution in [-0.2, 0) is 42.3 Å². The summed E-state index contributed by atoms with van der Waals surface area (Å²) in [5.74, 6) is -0.866. The van der Waals surface area contributed by atoms with Gasteiger partial charge in [0.25, 0.3) is 5.91 Å². The van der Waals surface area contributed by atoms with E-state index in [9.17, 15) is 28.5 Å². The number of hydrogen-bond donors (Lipinski definition) is 2. The van der Waals surface area contributed by atoms with Crippen molar-refractivity contribution in [1.29, 1.82) is 0 Å². The van der Waals surface area contributed by atoms with Crippen LogP contribution in [0.5, 0.6) is 0 Å². The number of ether oxygens (including phenoxy) is 6. The highest BCUT2D eigenvalue weighted by molar-refractivity contribution is 7.39. The summed E-state index contributed by atoms with van der Waals surface area (Å²) in [6, 6.07) is 7.72. The Hall–Kier alpha value is -4.97. The molecule has 2 amide bonds. The maximum absolute atomic E-state index is 14.5. The average Bonchev–Trinajstić information content (AvgIpc) is 3.66. The lowest BCUT2D eigenvalue weighted by Gasteiger charge is -2.35. The number of anilines is 1. The first-order chi connectivity index (χ1) is 27.8. The maximum Gasteiger partial charge on any atom is 0.518 e. The van der Waals surface area contributed by atoms with Gasteiger partial charge in [-0.3, -0.25) is 14.5 Å². The molecule has 1 aromatic heterocycles. The molecule has 4 unspecified atom stereocenters. The third kappa shape index (κ3) is 15.0. The van der Waals surface area contributed by atoms with Crippen LogP contribution in [0.1, 0.15) is 78.2 Å². The van der Waals surface area contributed by atoms with Crippen LogP contribution < -0.4 is 15.5 Å². The highest BCUT2D eigenvalue weighted by Crippen LogP contribution is 2.30. The van der Waals surface area contributed by atoms with E-state index in [4.69, 9.17) is 37.9 Å². The van der Waals surface area contributed by atoms with Crippen molar-refractivity contribution in [3.63, 3.8) is 0 Å². The summed E-state index contributed by atoms with van der Waals surface area (Å²) in [7, 11) is -1.48. The van der Waals surface area contributed by atoms with E-state index in [1.807, 2.05) is 17.9 Å². The zero-order valence-corrected chi connectivity index (χ0v) is 35.8. The van der Waals surface area contributed by atoms with Crippen molar-refractivity contribution in [3.05, 3.63) is 42.1 Å². The highest BCUT2D eigenvalue weighted by Gasteiger charge is 2.44. The van der Waals surface area contributed by atoms with Gasteiger partial charge >= 0.3 is 32.9 Å². The molecular formula is C39H56N6O13P+. The molecule has 2 N–H and O–H groups in total. The molecule has 0 saturated carbocycles. The molecule has 4 atom stereocenters. The van der Waals surface area contributed by atoms with E-state index in [-0.39, 0.29) is 37.3 Å². The Labute approximate surface area is 345 Å². The van der Waals surface area contributed by atoms with Crippen LogP contribution in [0.4, 0.5) is 20.2 Å². The van der Waals surface area contributed by atoms with Gasteiger partial charge in [0.1, 0.15) is 34.8 Å². The van der Waals surface area contributed by atoms with Gasteiger partial charge in [-0.05, 0) is 58.9 Å². The third-order valence-corrected chi connectivity index (χ3v) is 9.73. The molecule has 19 nitrogen and oxygen atoms in total. The van der Waals surface area contributed by atoms with Crippen LogP contribution in [0, 0.1) is 0 Å². The average molecular weight is 848 g/mol. The van der Waals surface area contributed by atoms with E-state index in [2.05, 4.69) is 15.6 Å². The second-order valence-electron chi connectivity index (χ2n) is 15.8. The predicted octanol–water partition coefficient (Wildman–Crippen LogP) is 5.19. The number of carbonyl (C=O) groups is 5. The number of rotatable bonds is 16. The number of benzene rings is 1. The Kier molecular flexibility index (Phi) is 16.9. The number of hydrogen-bond acceptors (Lipinski definition) is 17. The van der Waals surface area contributed by atoms with Crippen LogP contribution in [-0.4, -0.2) is 133 Å². The molecule has 1 aromatic carbocycles. The second-order valence-corrected chi connectivity index (χ2v) is 17.0. The number of ketones is 1. The quantitative estimate of drug-likeness (QED) is 0.0729. The molecule has 0 radical (unpaired) electrons. The highest BCUT2D eigenvalue weighted by atomic mass is 31.1. The normalized spacial score (nSPS) is 17.8. The van der Waals surface area contributed by atoms with Gasteiger partial charge in [-0.2, -0.15) is 0 Å². The summed E-state index contributed by atoms with van der Waals surface area (Å²) in [5, 5.41) is 5.73. The van der Waals surface area contributed by atoms with Gasteiger partial charge in [-0.15, -0.1) is 0 Å². The molecule has 2 aromatic rings. The summed E-state index contributed by atoms with van der Waals surface area (Å²) in [4.78, 5) is 79.6. The largest absolute Gasteiger partial charge is 0.518 e. The van der Waals surface area contributed by atoms with E-state index in [1.165, 1.54) is 11.0 Å². The lowest BCUT2D eigenvalue weighted by Crippen LogP contribution is -2.61. The Morgan fingerprint density at radius 1 is 0.966 bits per heavy atom.